The second-order valence-electron chi connectivity index (χ2n) is 8.89. The van der Waals surface area contributed by atoms with Gasteiger partial charge in [-0.3, -0.25) is 9.59 Å². The van der Waals surface area contributed by atoms with Crippen LogP contribution in [0.1, 0.15) is 56.1 Å². The molecule has 0 aromatic heterocycles. The summed E-state index contributed by atoms with van der Waals surface area (Å²) in [4.78, 5) is 26.2. The van der Waals surface area contributed by atoms with Crippen LogP contribution in [0.15, 0.2) is 47.7 Å². The van der Waals surface area contributed by atoms with Crippen LogP contribution in [0.3, 0.4) is 0 Å². The fraction of sp³-hybridized carbons (Fsp3) is 0.407. The first-order valence-electron chi connectivity index (χ1n) is 11.5. The van der Waals surface area contributed by atoms with E-state index in [9.17, 15) is 9.59 Å². The molecule has 0 spiro atoms. The molecule has 0 saturated carbocycles. The van der Waals surface area contributed by atoms with Gasteiger partial charge in [-0.05, 0) is 49.9 Å². The van der Waals surface area contributed by atoms with Crippen molar-refractivity contribution in [3.63, 3.8) is 0 Å². The number of benzene rings is 2. The zero-order valence-electron chi connectivity index (χ0n) is 20.3. The first-order valence-corrected chi connectivity index (χ1v) is 11.5. The lowest BCUT2D eigenvalue weighted by Gasteiger charge is -2.35. The molecule has 7 heteroatoms. The van der Waals surface area contributed by atoms with Crippen molar-refractivity contribution in [2.24, 2.45) is 0 Å². The van der Waals surface area contributed by atoms with Gasteiger partial charge in [0.2, 0.25) is 11.7 Å². The van der Waals surface area contributed by atoms with Crippen molar-refractivity contribution in [3.8, 4) is 23.0 Å². The zero-order valence-corrected chi connectivity index (χ0v) is 20.3. The normalized spacial score (nSPS) is 20.1. The minimum atomic E-state index is -0.327. The summed E-state index contributed by atoms with van der Waals surface area (Å²) in [6.45, 7) is 3.92. The fourth-order valence-corrected chi connectivity index (χ4v) is 4.93. The van der Waals surface area contributed by atoms with E-state index >= 15 is 0 Å². The van der Waals surface area contributed by atoms with Gasteiger partial charge >= 0.3 is 0 Å². The Hall–Kier alpha value is -3.48. The number of allylic oxidation sites excluding steroid dienone is 2. The van der Waals surface area contributed by atoms with Crippen LogP contribution >= 0.6 is 0 Å². The SMILES string of the molecule is COc1cc([C@@H]2CC(=O)C3=C(C2)NC(=O)C[C@@H]3c2ccccc2OC(C)C)cc(OC)c1OC. The number of Topliss-reactive ketones (excluding diaryl/α,β-unsaturated/α-hetero) is 1. The van der Waals surface area contributed by atoms with E-state index in [0.29, 0.717) is 47.1 Å². The molecule has 2 aromatic carbocycles. The Kier molecular flexibility index (Phi) is 6.82. The van der Waals surface area contributed by atoms with Crippen molar-refractivity contribution in [1.82, 2.24) is 5.32 Å². The summed E-state index contributed by atoms with van der Waals surface area (Å²) in [5.41, 5.74) is 3.14. The third-order valence-electron chi connectivity index (χ3n) is 6.35. The number of rotatable bonds is 7. The summed E-state index contributed by atoms with van der Waals surface area (Å²) < 4.78 is 22.4. The average Bonchev–Trinajstić information content (AvgIpc) is 2.82. The van der Waals surface area contributed by atoms with Gasteiger partial charge in [-0.25, -0.2) is 0 Å². The summed E-state index contributed by atoms with van der Waals surface area (Å²) in [7, 11) is 4.69. The van der Waals surface area contributed by atoms with Crippen molar-refractivity contribution < 1.29 is 28.5 Å². The molecular formula is C27H31NO6. The Morgan fingerprint density at radius 2 is 1.56 bits per heavy atom. The Morgan fingerprint density at radius 3 is 2.18 bits per heavy atom. The highest BCUT2D eigenvalue weighted by molar-refractivity contribution is 6.02. The van der Waals surface area contributed by atoms with Crippen LogP contribution in [0.2, 0.25) is 0 Å². The van der Waals surface area contributed by atoms with Crippen LogP contribution in [0.4, 0.5) is 0 Å². The number of hydrogen-bond donors (Lipinski definition) is 1. The quantitative estimate of drug-likeness (QED) is 0.648. The molecule has 0 fully saturated rings. The van der Waals surface area contributed by atoms with Crippen molar-refractivity contribution in [1.29, 1.82) is 0 Å². The molecule has 0 radical (unpaired) electrons. The van der Waals surface area contributed by atoms with E-state index in [2.05, 4.69) is 5.32 Å². The van der Waals surface area contributed by atoms with Crippen molar-refractivity contribution in [2.45, 2.75) is 51.0 Å². The molecule has 0 bridgehead atoms. The first-order chi connectivity index (χ1) is 16.4. The van der Waals surface area contributed by atoms with Crippen molar-refractivity contribution in [2.75, 3.05) is 21.3 Å². The predicted molar refractivity (Wildman–Crippen MR) is 128 cm³/mol. The summed E-state index contributed by atoms with van der Waals surface area (Å²) >= 11 is 0. The minimum absolute atomic E-state index is 0.0153. The Labute approximate surface area is 200 Å². The molecule has 34 heavy (non-hydrogen) atoms. The van der Waals surface area contributed by atoms with Crippen LogP contribution < -0.4 is 24.3 Å². The molecule has 0 unspecified atom stereocenters. The van der Waals surface area contributed by atoms with E-state index in [4.69, 9.17) is 18.9 Å². The van der Waals surface area contributed by atoms with Crippen LogP contribution in [-0.2, 0) is 9.59 Å². The third kappa shape index (κ3) is 4.47. The van der Waals surface area contributed by atoms with Crippen LogP contribution in [0.5, 0.6) is 23.0 Å². The number of carbonyl (C=O) groups excluding carboxylic acids is 2. The van der Waals surface area contributed by atoms with E-state index in [1.54, 1.807) is 21.3 Å². The van der Waals surface area contributed by atoms with E-state index < -0.39 is 0 Å². The van der Waals surface area contributed by atoms with Gasteiger partial charge in [0.25, 0.3) is 0 Å². The molecule has 1 amide bonds. The Balaban J connectivity index is 1.73. The van der Waals surface area contributed by atoms with Crippen molar-refractivity contribution >= 4 is 11.7 Å². The number of methoxy groups -OCH3 is 3. The molecule has 2 aliphatic rings. The van der Waals surface area contributed by atoms with Gasteiger partial charge in [0.1, 0.15) is 5.75 Å². The van der Waals surface area contributed by atoms with Gasteiger partial charge in [-0.15, -0.1) is 0 Å². The molecular weight excluding hydrogens is 434 g/mol. The number of carbonyl (C=O) groups is 2. The number of nitrogens with one attached hydrogen (secondary N) is 1. The van der Waals surface area contributed by atoms with Crippen LogP contribution in [0, 0.1) is 0 Å². The standard InChI is InChI=1S/C27H31NO6/c1-15(2)34-22-9-7-6-8-18(22)19-14-25(30)28-20-10-16(11-21(29)26(19)20)17-12-23(31-3)27(33-5)24(13-17)32-4/h6-9,12-13,15-16,19H,10-11,14H2,1-5H3,(H,28,30)/t16-,19+/m0/s1. The molecule has 1 heterocycles. The van der Waals surface area contributed by atoms with Gasteiger partial charge in [0, 0.05) is 35.6 Å². The third-order valence-corrected chi connectivity index (χ3v) is 6.35. The smallest absolute Gasteiger partial charge is 0.225 e. The number of para-hydroxylation sites is 1. The van der Waals surface area contributed by atoms with Gasteiger partial charge in [0.05, 0.1) is 27.4 Å². The largest absolute Gasteiger partial charge is 0.493 e. The summed E-state index contributed by atoms with van der Waals surface area (Å²) in [5, 5.41) is 2.98. The fourth-order valence-electron chi connectivity index (χ4n) is 4.93. The maximum Gasteiger partial charge on any atom is 0.225 e. The number of hydrogen-bond acceptors (Lipinski definition) is 6. The number of amides is 1. The maximum absolute atomic E-state index is 13.5. The molecule has 2 atom stereocenters. The Morgan fingerprint density at radius 1 is 0.882 bits per heavy atom. The van der Waals surface area contributed by atoms with Crippen LogP contribution in [-0.4, -0.2) is 39.1 Å². The number of ketones is 1. The molecule has 7 nitrogen and oxygen atoms in total. The maximum atomic E-state index is 13.5. The van der Waals surface area contributed by atoms with E-state index in [0.717, 1.165) is 11.1 Å². The molecule has 1 N–H and O–H groups in total. The topological polar surface area (TPSA) is 83.1 Å². The molecule has 1 aliphatic carbocycles. The van der Waals surface area contributed by atoms with Gasteiger partial charge in [-0.2, -0.15) is 0 Å². The lowest BCUT2D eigenvalue weighted by atomic mass is 9.73. The Bertz CT molecular complexity index is 1110. The van der Waals surface area contributed by atoms with E-state index in [1.165, 1.54) is 0 Å². The second kappa shape index (κ2) is 9.79. The lowest BCUT2D eigenvalue weighted by Crippen LogP contribution is -2.38. The molecule has 2 aromatic rings. The highest BCUT2D eigenvalue weighted by Crippen LogP contribution is 2.47. The first kappa shape index (κ1) is 23.7. The molecule has 4 rings (SSSR count). The predicted octanol–water partition coefficient (Wildman–Crippen LogP) is 4.50. The molecule has 0 saturated heterocycles. The summed E-state index contributed by atoms with van der Waals surface area (Å²) in [5.74, 6) is 1.77. The van der Waals surface area contributed by atoms with Gasteiger partial charge < -0.3 is 24.3 Å². The zero-order chi connectivity index (χ0) is 24.4. The monoisotopic (exact) mass is 465 g/mol. The van der Waals surface area contributed by atoms with Gasteiger partial charge in [0.15, 0.2) is 17.3 Å². The molecule has 180 valence electrons. The van der Waals surface area contributed by atoms with Crippen LogP contribution in [0.25, 0.3) is 0 Å². The number of ether oxygens (including phenoxy) is 4. The minimum Gasteiger partial charge on any atom is -0.493 e. The summed E-state index contributed by atoms with van der Waals surface area (Å²) in [6.07, 6.45) is 1.07. The lowest BCUT2D eigenvalue weighted by molar-refractivity contribution is -0.122. The van der Waals surface area contributed by atoms with E-state index in [1.807, 2.05) is 50.2 Å². The summed E-state index contributed by atoms with van der Waals surface area (Å²) in [6, 6.07) is 11.4. The van der Waals surface area contributed by atoms with E-state index in [-0.39, 0.29) is 36.1 Å². The van der Waals surface area contributed by atoms with Gasteiger partial charge in [-0.1, -0.05) is 18.2 Å². The molecule has 1 aliphatic heterocycles. The average molecular weight is 466 g/mol. The highest BCUT2D eigenvalue weighted by atomic mass is 16.5. The van der Waals surface area contributed by atoms with Crippen molar-refractivity contribution in [3.05, 3.63) is 58.8 Å². The second-order valence-corrected chi connectivity index (χ2v) is 8.89. The highest BCUT2D eigenvalue weighted by Gasteiger charge is 2.39.